The van der Waals surface area contributed by atoms with Crippen molar-refractivity contribution in [2.45, 2.75) is 12.6 Å². The molecule has 5 heteroatoms. The first-order valence-electron chi connectivity index (χ1n) is 7.64. The highest BCUT2D eigenvalue weighted by Crippen LogP contribution is 2.35. The molecule has 2 amide bonds. The van der Waals surface area contributed by atoms with Gasteiger partial charge in [-0.05, 0) is 35.7 Å². The Kier molecular flexibility index (Phi) is 3.63. The standard InChI is InChI=1S/C18H17N3OS/c22-18(19-14-6-2-1-3-7-14)21-12-11-20-10-4-8-15(20)17(21)16-9-5-13-23-16/h1-10,13,17H,11-12H2,(H,19,22). The molecular weight excluding hydrogens is 306 g/mol. The van der Waals surface area contributed by atoms with Gasteiger partial charge in [0.05, 0.1) is 0 Å². The van der Waals surface area contributed by atoms with Crippen LogP contribution in [0.1, 0.15) is 16.6 Å². The maximum Gasteiger partial charge on any atom is 0.322 e. The van der Waals surface area contributed by atoms with Crippen molar-refractivity contribution >= 4 is 23.1 Å². The van der Waals surface area contributed by atoms with Gasteiger partial charge in [-0.15, -0.1) is 11.3 Å². The van der Waals surface area contributed by atoms with Crippen LogP contribution in [0.5, 0.6) is 0 Å². The fraction of sp³-hybridized carbons (Fsp3) is 0.167. The van der Waals surface area contributed by atoms with E-state index in [1.54, 1.807) is 11.3 Å². The summed E-state index contributed by atoms with van der Waals surface area (Å²) in [6.07, 6.45) is 2.09. The third kappa shape index (κ3) is 2.64. The molecule has 0 aliphatic carbocycles. The van der Waals surface area contributed by atoms with Crippen molar-refractivity contribution in [1.82, 2.24) is 9.47 Å². The number of carbonyl (C=O) groups is 1. The summed E-state index contributed by atoms with van der Waals surface area (Å²) in [4.78, 5) is 15.9. The average Bonchev–Trinajstić information content (AvgIpc) is 3.26. The Balaban J connectivity index is 1.66. The van der Waals surface area contributed by atoms with Crippen LogP contribution in [0.25, 0.3) is 0 Å². The first-order chi connectivity index (χ1) is 11.3. The lowest BCUT2D eigenvalue weighted by atomic mass is 10.1. The molecule has 1 aliphatic rings. The second-order valence-electron chi connectivity index (χ2n) is 5.53. The Morgan fingerprint density at radius 1 is 1.04 bits per heavy atom. The van der Waals surface area contributed by atoms with Crippen molar-refractivity contribution in [2.24, 2.45) is 0 Å². The van der Waals surface area contributed by atoms with Crippen LogP contribution in [-0.4, -0.2) is 22.0 Å². The Morgan fingerprint density at radius 2 is 1.91 bits per heavy atom. The topological polar surface area (TPSA) is 37.3 Å². The molecule has 1 unspecified atom stereocenters. The van der Waals surface area contributed by atoms with Crippen LogP contribution < -0.4 is 5.32 Å². The van der Waals surface area contributed by atoms with Crippen LogP contribution in [0.4, 0.5) is 10.5 Å². The molecule has 23 heavy (non-hydrogen) atoms. The molecule has 0 radical (unpaired) electrons. The number of amides is 2. The number of nitrogens with one attached hydrogen (secondary N) is 1. The number of urea groups is 1. The van der Waals surface area contributed by atoms with Gasteiger partial charge in [0, 0.05) is 35.5 Å². The maximum absolute atomic E-state index is 12.8. The summed E-state index contributed by atoms with van der Waals surface area (Å²) in [5, 5.41) is 5.07. The normalized spacial score (nSPS) is 16.9. The molecule has 0 fully saturated rings. The minimum Gasteiger partial charge on any atom is -0.347 e. The van der Waals surface area contributed by atoms with Crippen LogP contribution in [0.3, 0.4) is 0 Å². The fourth-order valence-electron chi connectivity index (χ4n) is 3.07. The Labute approximate surface area is 139 Å². The highest BCUT2D eigenvalue weighted by molar-refractivity contribution is 7.10. The molecule has 3 heterocycles. The van der Waals surface area contributed by atoms with Crippen molar-refractivity contribution < 1.29 is 4.79 Å². The molecular formula is C18H17N3OS. The lowest BCUT2D eigenvalue weighted by molar-refractivity contribution is 0.183. The first kappa shape index (κ1) is 14.1. The van der Waals surface area contributed by atoms with E-state index in [9.17, 15) is 4.79 Å². The van der Waals surface area contributed by atoms with Gasteiger partial charge in [0.15, 0.2) is 0 Å². The van der Waals surface area contributed by atoms with Crippen LogP contribution in [0, 0.1) is 0 Å². The van der Waals surface area contributed by atoms with Crippen molar-refractivity contribution in [3.8, 4) is 0 Å². The van der Waals surface area contributed by atoms with Gasteiger partial charge in [-0.3, -0.25) is 0 Å². The van der Waals surface area contributed by atoms with Gasteiger partial charge in [0.2, 0.25) is 0 Å². The molecule has 4 nitrogen and oxygen atoms in total. The maximum atomic E-state index is 12.8. The number of rotatable bonds is 2. The molecule has 1 atom stereocenters. The minimum absolute atomic E-state index is 0.0255. The zero-order valence-corrected chi connectivity index (χ0v) is 13.4. The van der Waals surface area contributed by atoms with Crippen molar-refractivity contribution in [3.05, 3.63) is 76.7 Å². The lowest BCUT2D eigenvalue weighted by Gasteiger charge is -2.36. The molecule has 2 aromatic heterocycles. The van der Waals surface area contributed by atoms with E-state index in [-0.39, 0.29) is 12.1 Å². The Bertz CT molecular complexity index is 795. The van der Waals surface area contributed by atoms with E-state index >= 15 is 0 Å². The monoisotopic (exact) mass is 323 g/mol. The molecule has 116 valence electrons. The molecule has 1 aliphatic heterocycles. The highest BCUT2D eigenvalue weighted by atomic mass is 32.1. The molecule has 1 N–H and O–H groups in total. The number of anilines is 1. The molecule has 4 rings (SSSR count). The Morgan fingerprint density at radius 3 is 2.70 bits per heavy atom. The SMILES string of the molecule is O=C(Nc1ccccc1)N1CCn2cccc2C1c1cccs1. The quantitative estimate of drug-likeness (QED) is 0.754. The third-order valence-corrected chi connectivity index (χ3v) is 5.06. The smallest absolute Gasteiger partial charge is 0.322 e. The molecule has 3 aromatic rings. The van der Waals surface area contributed by atoms with E-state index < -0.39 is 0 Å². The largest absolute Gasteiger partial charge is 0.347 e. The number of benzene rings is 1. The number of carbonyl (C=O) groups excluding carboxylic acids is 1. The van der Waals surface area contributed by atoms with Crippen LogP contribution in [0.15, 0.2) is 66.2 Å². The van der Waals surface area contributed by atoms with E-state index in [1.807, 2.05) is 41.3 Å². The summed E-state index contributed by atoms with van der Waals surface area (Å²) < 4.78 is 2.23. The average molecular weight is 323 g/mol. The second kappa shape index (κ2) is 5.93. The van der Waals surface area contributed by atoms with Gasteiger partial charge >= 0.3 is 6.03 Å². The first-order valence-corrected chi connectivity index (χ1v) is 8.52. The van der Waals surface area contributed by atoms with E-state index in [0.717, 1.165) is 12.2 Å². The summed E-state index contributed by atoms with van der Waals surface area (Å²) in [5.41, 5.74) is 1.99. The number of para-hydroxylation sites is 1. The zero-order valence-electron chi connectivity index (χ0n) is 12.6. The third-order valence-electron chi connectivity index (χ3n) is 4.14. The van der Waals surface area contributed by atoms with Crippen LogP contribution >= 0.6 is 11.3 Å². The van der Waals surface area contributed by atoms with E-state index in [1.165, 1.54) is 10.6 Å². The van der Waals surface area contributed by atoms with Crippen LogP contribution in [0.2, 0.25) is 0 Å². The Hall–Kier alpha value is -2.53. The summed E-state index contributed by atoms with van der Waals surface area (Å²) >= 11 is 1.69. The number of aromatic nitrogens is 1. The fourth-order valence-corrected chi connectivity index (χ4v) is 3.91. The van der Waals surface area contributed by atoms with Gasteiger partial charge < -0.3 is 14.8 Å². The lowest BCUT2D eigenvalue weighted by Crippen LogP contribution is -2.44. The molecule has 0 saturated heterocycles. The van der Waals surface area contributed by atoms with Gasteiger partial charge in [0.25, 0.3) is 0 Å². The molecule has 1 aromatic carbocycles. The predicted molar refractivity (Wildman–Crippen MR) is 92.8 cm³/mol. The van der Waals surface area contributed by atoms with Crippen molar-refractivity contribution in [1.29, 1.82) is 0 Å². The van der Waals surface area contributed by atoms with E-state index in [0.29, 0.717) is 6.54 Å². The summed E-state index contributed by atoms with van der Waals surface area (Å²) in [6, 6.07) is 17.8. The molecule has 0 spiro atoms. The second-order valence-corrected chi connectivity index (χ2v) is 6.51. The minimum atomic E-state index is -0.0537. The summed E-state index contributed by atoms with van der Waals surface area (Å²) in [7, 11) is 0. The highest BCUT2D eigenvalue weighted by Gasteiger charge is 2.32. The van der Waals surface area contributed by atoms with Gasteiger partial charge in [0.1, 0.15) is 6.04 Å². The molecule has 0 saturated carbocycles. The van der Waals surface area contributed by atoms with E-state index in [2.05, 4.69) is 39.7 Å². The van der Waals surface area contributed by atoms with Gasteiger partial charge in [-0.1, -0.05) is 24.3 Å². The van der Waals surface area contributed by atoms with Crippen LogP contribution in [-0.2, 0) is 6.54 Å². The zero-order chi connectivity index (χ0) is 15.6. The number of fused-ring (bicyclic) bond motifs is 1. The summed E-state index contributed by atoms with van der Waals surface area (Å²) in [5.74, 6) is 0. The number of thiophene rings is 1. The number of nitrogens with zero attached hydrogens (tertiary/aromatic N) is 2. The van der Waals surface area contributed by atoms with Crippen molar-refractivity contribution in [3.63, 3.8) is 0 Å². The van der Waals surface area contributed by atoms with Gasteiger partial charge in [-0.25, -0.2) is 4.79 Å². The number of hydrogen-bond acceptors (Lipinski definition) is 2. The van der Waals surface area contributed by atoms with Gasteiger partial charge in [-0.2, -0.15) is 0 Å². The van der Waals surface area contributed by atoms with E-state index in [4.69, 9.17) is 0 Å². The summed E-state index contributed by atoms with van der Waals surface area (Å²) in [6.45, 7) is 1.52. The predicted octanol–water partition coefficient (Wildman–Crippen LogP) is 4.19. The number of hydrogen-bond donors (Lipinski definition) is 1. The molecule has 0 bridgehead atoms. The van der Waals surface area contributed by atoms with Crippen molar-refractivity contribution in [2.75, 3.05) is 11.9 Å².